The van der Waals surface area contributed by atoms with Gasteiger partial charge < -0.3 is 19.1 Å². The smallest absolute Gasteiger partial charge is 0.225 e. The molecule has 6 nitrogen and oxygen atoms in total. The molecule has 31 heavy (non-hydrogen) atoms. The summed E-state index contributed by atoms with van der Waals surface area (Å²) in [6, 6.07) is 8.81. The molecule has 3 rings (SSSR count). The third-order valence-electron chi connectivity index (χ3n) is 6.55. The first-order valence-corrected chi connectivity index (χ1v) is 11.6. The van der Waals surface area contributed by atoms with E-state index in [9.17, 15) is 9.59 Å². The molecule has 170 valence electrons. The fourth-order valence-electron chi connectivity index (χ4n) is 4.64. The first kappa shape index (κ1) is 23.3. The van der Waals surface area contributed by atoms with Gasteiger partial charge >= 0.3 is 0 Å². The SMILES string of the molecule is CCN(CCCC(=O)N1CCC(C(=O)N(C)C)CC1)C(C)Cc1ccc2occc2c1. The first-order chi connectivity index (χ1) is 14.9. The average Bonchev–Trinajstić information content (AvgIpc) is 3.24. The topological polar surface area (TPSA) is 57.0 Å². The minimum atomic E-state index is 0.0664. The molecule has 0 bridgehead atoms. The predicted molar refractivity (Wildman–Crippen MR) is 124 cm³/mol. The van der Waals surface area contributed by atoms with Crippen molar-refractivity contribution in [3.8, 4) is 0 Å². The van der Waals surface area contributed by atoms with E-state index in [1.54, 1.807) is 25.3 Å². The Hall–Kier alpha value is -2.34. The number of piperidine rings is 1. The molecule has 6 heteroatoms. The highest BCUT2D eigenvalue weighted by atomic mass is 16.3. The van der Waals surface area contributed by atoms with E-state index in [0.717, 1.165) is 49.7 Å². The van der Waals surface area contributed by atoms with Gasteiger partial charge in [0.25, 0.3) is 0 Å². The van der Waals surface area contributed by atoms with Gasteiger partial charge in [0.1, 0.15) is 5.58 Å². The van der Waals surface area contributed by atoms with Crippen molar-refractivity contribution in [1.29, 1.82) is 0 Å². The quantitative estimate of drug-likeness (QED) is 0.611. The van der Waals surface area contributed by atoms with Gasteiger partial charge in [0, 0.05) is 51.0 Å². The number of hydrogen-bond acceptors (Lipinski definition) is 4. The van der Waals surface area contributed by atoms with E-state index < -0.39 is 0 Å². The van der Waals surface area contributed by atoms with Crippen LogP contribution < -0.4 is 0 Å². The van der Waals surface area contributed by atoms with Crippen molar-refractivity contribution in [3.63, 3.8) is 0 Å². The molecule has 0 radical (unpaired) electrons. The van der Waals surface area contributed by atoms with E-state index in [4.69, 9.17) is 4.42 Å². The van der Waals surface area contributed by atoms with E-state index in [2.05, 4.69) is 30.9 Å². The van der Waals surface area contributed by atoms with Crippen molar-refractivity contribution in [2.24, 2.45) is 5.92 Å². The van der Waals surface area contributed by atoms with Crippen molar-refractivity contribution in [3.05, 3.63) is 36.1 Å². The lowest BCUT2D eigenvalue weighted by Gasteiger charge is -2.33. The summed E-state index contributed by atoms with van der Waals surface area (Å²) in [7, 11) is 3.60. The summed E-state index contributed by atoms with van der Waals surface area (Å²) in [6.45, 7) is 7.75. The maximum atomic E-state index is 12.6. The van der Waals surface area contributed by atoms with Gasteiger partial charge in [-0.05, 0) is 69.5 Å². The molecule has 0 spiro atoms. The standard InChI is InChI=1S/C25H37N3O3/c1-5-27(19(2)17-20-8-9-23-22(18-20)12-16-31-23)13-6-7-24(29)28-14-10-21(11-15-28)25(30)26(3)4/h8-9,12,16,18-19,21H,5-7,10-11,13-15,17H2,1-4H3. The molecule has 1 aromatic heterocycles. The Morgan fingerprint density at radius 3 is 2.61 bits per heavy atom. The summed E-state index contributed by atoms with van der Waals surface area (Å²) in [5.74, 6) is 0.480. The van der Waals surface area contributed by atoms with Crippen LogP contribution in [0.1, 0.15) is 45.1 Å². The molecule has 2 amide bonds. The molecular weight excluding hydrogens is 390 g/mol. The Balaban J connectivity index is 1.41. The molecule has 1 fully saturated rings. The Morgan fingerprint density at radius 2 is 1.94 bits per heavy atom. The van der Waals surface area contributed by atoms with Crippen LogP contribution in [0, 0.1) is 5.92 Å². The maximum Gasteiger partial charge on any atom is 0.225 e. The molecule has 1 aliphatic rings. The molecule has 2 aromatic rings. The number of benzene rings is 1. The zero-order valence-electron chi connectivity index (χ0n) is 19.5. The average molecular weight is 428 g/mol. The largest absolute Gasteiger partial charge is 0.464 e. The summed E-state index contributed by atoms with van der Waals surface area (Å²) in [5.41, 5.74) is 2.24. The number of carbonyl (C=O) groups is 2. The van der Waals surface area contributed by atoms with Crippen molar-refractivity contribution >= 4 is 22.8 Å². The van der Waals surface area contributed by atoms with Crippen LogP contribution in [0.2, 0.25) is 0 Å². The number of likely N-dealkylation sites (tertiary alicyclic amines) is 1. The third kappa shape index (κ3) is 6.10. The van der Waals surface area contributed by atoms with Crippen molar-refractivity contribution in [2.45, 2.75) is 52.0 Å². The second-order valence-electron chi connectivity index (χ2n) is 8.97. The number of fused-ring (bicyclic) bond motifs is 1. The molecule has 1 aliphatic heterocycles. The Labute approximate surface area is 186 Å². The Bertz CT molecular complexity index is 868. The molecule has 0 N–H and O–H groups in total. The predicted octanol–water partition coefficient (Wildman–Crippen LogP) is 3.79. The van der Waals surface area contributed by atoms with Crippen LogP contribution in [-0.4, -0.2) is 72.8 Å². The van der Waals surface area contributed by atoms with Crippen LogP contribution >= 0.6 is 0 Å². The fourth-order valence-corrected chi connectivity index (χ4v) is 4.64. The third-order valence-corrected chi connectivity index (χ3v) is 6.55. The number of furan rings is 1. The maximum absolute atomic E-state index is 12.6. The molecular formula is C25H37N3O3. The number of hydrogen-bond donors (Lipinski definition) is 0. The van der Waals surface area contributed by atoms with Gasteiger partial charge in [-0.25, -0.2) is 0 Å². The van der Waals surface area contributed by atoms with E-state index in [1.807, 2.05) is 17.0 Å². The lowest BCUT2D eigenvalue weighted by atomic mass is 9.95. The van der Waals surface area contributed by atoms with E-state index in [0.29, 0.717) is 25.6 Å². The molecule has 0 aliphatic carbocycles. The van der Waals surface area contributed by atoms with E-state index in [-0.39, 0.29) is 17.7 Å². The van der Waals surface area contributed by atoms with Gasteiger partial charge in [-0.3, -0.25) is 9.59 Å². The van der Waals surface area contributed by atoms with Gasteiger partial charge in [-0.15, -0.1) is 0 Å². The lowest BCUT2D eigenvalue weighted by molar-refractivity contribution is -0.139. The number of rotatable bonds is 9. The second-order valence-corrected chi connectivity index (χ2v) is 8.97. The Morgan fingerprint density at radius 1 is 1.19 bits per heavy atom. The molecule has 0 saturated carbocycles. The number of nitrogens with zero attached hydrogens (tertiary/aromatic N) is 3. The summed E-state index contributed by atoms with van der Waals surface area (Å²) < 4.78 is 5.43. The van der Waals surface area contributed by atoms with Crippen LogP contribution in [0.15, 0.2) is 34.9 Å². The van der Waals surface area contributed by atoms with E-state index >= 15 is 0 Å². The van der Waals surface area contributed by atoms with Crippen LogP contribution in [0.25, 0.3) is 11.0 Å². The Kier molecular flexibility index (Phi) is 8.13. The molecule has 1 saturated heterocycles. The first-order valence-electron chi connectivity index (χ1n) is 11.6. The monoisotopic (exact) mass is 427 g/mol. The van der Waals surface area contributed by atoms with Gasteiger partial charge in [-0.2, -0.15) is 0 Å². The van der Waals surface area contributed by atoms with Crippen molar-refractivity contribution in [2.75, 3.05) is 40.3 Å². The second kappa shape index (κ2) is 10.8. The molecule has 1 unspecified atom stereocenters. The van der Waals surface area contributed by atoms with Gasteiger partial charge in [0.15, 0.2) is 0 Å². The highest BCUT2D eigenvalue weighted by Gasteiger charge is 2.28. The minimum absolute atomic E-state index is 0.0664. The van der Waals surface area contributed by atoms with Crippen LogP contribution in [0.5, 0.6) is 0 Å². The van der Waals surface area contributed by atoms with Gasteiger partial charge in [0.05, 0.1) is 6.26 Å². The van der Waals surface area contributed by atoms with Gasteiger partial charge in [0.2, 0.25) is 11.8 Å². The van der Waals surface area contributed by atoms with Crippen LogP contribution in [-0.2, 0) is 16.0 Å². The van der Waals surface area contributed by atoms with E-state index in [1.165, 1.54) is 5.56 Å². The summed E-state index contributed by atoms with van der Waals surface area (Å²) in [6.07, 6.45) is 5.72. The zero-order chi connectivity index (χ0) is 22.4. The lowest BCUT2D eigenvalue weighted by Crippen LogP contribution is -2.43. The summed E-state index contributed by atoms with van der Waals surface area (Å²) >= 11 is 0. The van der Waals surface area contributed by atoms with Crippen LogP contribution in [0.3, 0.4) is 0 Å². The summed E-state index contributed by atoms with van der Waals surface area (Å²) in [4.78, 5) is 30.8. The minimum Gasteiger partial charge on any atom is -0.464 e. The highest BCUT2D eigenvalue weighted by molar-refractivity contribution is 5.80. The van der Waals surface area contributed by atoms with Gasteiger partial charge in [-0.1, -0.05) is 13.0 Å². The number of carbonyl (C=O) groups excluding carboxylic acids is 2. The number of amides is 2. The van der Waals surface area contributed by atoms with Crippen molar-refractivity contribution < 1.29 is 14.0 Å². The number of likely N-dealkylation sites (N-methyl/N-ethyl adjacent to an activating group) is 1. The normalized spacial score (nSPS) is 16.1. The molecule has 1 aromatic carbocycles. The van der Waals surface area contributed by atoms with Crippen molar-refractivity contribution in [1.82, 2.24) is 14.7 Å². The zero-order valence-corrected chi connectivity index (χ0v) is 19.5. The molecule has 2 heterocycles. The fraction of sp³-hybridized carbons (Fsp3) is 0.600. The summed E-state index contributed by atoms with van der Waals surface area (Å²) in [5, 5.41) is 1.15. The highest BCUT2D eigenvalue weighted by Crippen LogP contribution is 2.21. The van der Waals surface area contributed by atoms with Crippen LogP contribution in [0.4, 0.5) is 0 Å². The molecule has 1 atom stereocenters.